The average Bonchev–Trinajstić information content (AvgIpc) is 3.09. The maximum Gasteiger partial charge on any atom is 0.338 e. The predicted molar refractivity (Wildman–Crippen MR) is 195 cm³/mol. The minimum absolute atomic E-state index is 0. The van der Waals surface area contributed by atoms with E-state index in [1.165, 1.54) is 49.8 Å². The van der Waals surface area contributed by atoms with Crippen LogP contribution in [0.2, 0.25) is 0 Å². The van der Waals surface area contributed by atoms with Crippen molar-refractivity contribution in [3.05, 3.63) is 70.2 Å². The van der Waals surface area contributed by atoms with Crippen LogP contribution in [0.15, 0.2) is 59.1 Å². The van der Waals surface area contributed by atoms with Crippen LogP contribution < -0.4 is 10.5 Å². The Morgan fingerprint density at radius 2 is 1.65 bits per heavy atom. The van der Waals surface area contributed by atoms with E-state index < -0.39 is 24.0 Å². The molecule has 3 aromatic rings. The van der Waals surface area contributed by atoms with Crippen LogP contribution in [0.3, 0.4) is 0 Å². The molecule has 9 nitrogen and oxygen atoms in total. The van der Waals surface area contributed by atoms with Crippen molar-refractivity contribution in [2.24, 2.45) is 0 Å². The van der Waals surface area contributed by atoms with E-state index >= 15 is 0 Å². The molecule has 0 spiro atoms. The largest absolute Gasteiger partial charge is 0.497 e. The molecule has 0 amide bonds. The normalized spacial score (nSPS) is 13.5. The SMILES string of the molecule is C.CCCCC(=O)OC(COC(C)=O)COC(=O)c1cc(Br)c(N)c(CN(CC)C2CCCCC2)c1.COc1ccc2ccccc2c1. The minimum Gasteiger partial charge on any atom is -0.497 e. The molecule has 10 heteroatoms. The van der Waals surface area contributed by atoms with Gasteiger partial charge in [-0.2, -0.15) is 0 Å². The van der Waals surface area contributed by atoms with Gasteiger partial charge >= 0.3 is 17.9 Å². The van der Waals surface area contributed by atoms with E-state index in [2.05, 4.69) is 46.0 Å². The molecule has 1 aliphatic rings. The van der Waals surface area contributed by atoms with Gasteiger partial charge in [0.1, 0.15) is 19.0 Å². The van der Waals surface area contributed by atoms with Crippen LogP contribution in [0, 0.1) is 0 Å². The molecule has 1 aliphatic carbocycles. The second-order valence-electron chi connectivity index (χ2n) is 11.7. The fraction of sp³-hybridized carbons (Fsp3) is 0.500. The highest BCUT2D eigenvalue weighted by Crippen LogP contribution is 2.30. The van der Waals surface area contributed by atoms with Gasteiger partial charge in [0.05, 0.1) is 18.4 Å². The summed E-state index contributed by atoms with van der Waals surface area (Å²) < 4.78 is 21.5. The number of hydrogen-bond donors (Lipinski definition) is 1. The van der Waals surface area contributed by atoms with Crippen LogP contribution in [-0.4, -0.2) is 61.8 Å². The number of halogens is 1. The summed E-state index contributed by atoms with van der Waals surface area (Å²) in [5.41, 5.74) is 8.16. The van der Waals surface area contributed by atoms with Gasteiger partial charge in [-0.15, -0.1) is 0 Å². The van der Waals surface area contributed by atoms with E-state index in [9.17, 15) is 14.4 Å². The molecule has 0 heterocycles. The monoisotopic (exact) mass is 728 g/mol. The lowest BCUT2D eigenvalue weighted by atomic mass is 9.93. The van der Waals surface area contributed by atoms with Crippen molar-refractivity contribution in [2.45, 2.75) is 98.3 Å². The first-order valence-electron chi connectivity index (χ1n) is 16.5. The summed E-state index contributed by atoms with van der Waals surface area (Å²) in [5.74, 6) is -0.574. The number of esters is 3. The number of carbonyl (C=O) groups is 3. The van der Waals surface area contributed by atoms with Gasteiger partial charge in [-0.1, -0.05) is 77.3 Å². The lowest BCUT2D eigenvalue weighted by molar-refractivity contribution is -0.160. The third-order valence-electron chi connectivity index (χ3n) is 8.18. The Balaban J connectivity index is 0.000000511. The van der Waals surface area contributed by atoms with Gasteiger partial charge in [-0.3, -0.25) is 14.5 Å². The van der Waals surface area contributed by atoms with E-state index in [0.717, 1.165) is 24.3 Å². The summed E-state index contributed by atoms with van der Waals surface area (Å²) in [4.78, 5) is 38.5. The highest BCUT2D eigenvalue weighted by atomic mass is 79.9. The average molecular weight is 730 g/mol. The Bertz CT molecular complexity index is 1460. The number of nitrogens with two attached hydrogens (primary N) is 1. The van der Waals surface area contributed by atoms with Crippen LogP contribution >= 0.6 is 15.9 Å². The highest BCUT2D eigenvalue weighted by Gasteiger charge is 2.23. The maximum absolute atomic E-state index is 12.9. The smallest absolute Gasteiger partial charge is 0.338 e. The van der Waals surface area contributed by atoms with E-state index in [1.807, 2.05) is 31.2 Å². The number of benzene rings is 3. The second-order valence-corrected chi connectivity index (χ2v) is 12.6. The Kier molecular flexibility index (Phi) is 18.0. The van der Waals surface area contributed by atoms with E-state index in [-0.39, 0.29) is 27.1 Å². The molecule has 0 saturated heterocycles. The van der Waals surface area contributed by atoms with Crippen molar-refractivity contribution < 1.29 is 33.3 Å². The Hall–Kier alpha value is -3.63. The van der Waals surface area contributed by atoms with Gasteiger partial charge in [-0.05, 0) is 82.3 Å². The number of nitrogens with zero attached hydrogens (tertiary/aromatic N) is 1. The standard InChI is InChI=1S/C26H39BrN2O6.C11H10O.CH4/c1-4-6-12-24(31)35-22(16-33-18(3)30)17-34-26(32)19-13-20(25(28)23(27)14-19)15-29(5-2)21-10-8-7-9-11-21;1-12-11-7-6-9-4-2-3-5-10(9)8-11;/h13-14,21-22H,4-12,15-17,28H2,1-3H3;2-8H,1H3;1H4. The van der Waals surface area contributed by atoms with Crippen molar-refractivity contribution in [3.63, 3.8) is 0 Å². The number of nitrogen functional groups attached to an aromatic ring is 1. The topological polar surface area (TPSA) is 117 Å². The van der Waals surface area contributed by atoms with Gasteiger partial charge in [0.15, 0.2) is 6.10 Å². The molecule has 1 fully saturated rings. The number of ether oxygens (including phenoxy) is 4. The molecular weight excluding hydrogens is 676 g/mol. The Labute approximate surface area is 294 Å². The molecule has 0 bridgehead atoms. The number of methoxy groups -OCH3 is 1. The zero-order valence-electron chi connectivity index (χ0n) is 28.1. The maximum atomic E-state index is 12.9. The zero-order valence-corrected chi connectivity index (χ0v) is 29.7. The molecule has 0 aliphatic heterocycles. The van der Waals surface area contributed by atoms with Crippen LogP contribution in [-0.2, 0) is 30.3 Å². The van der Waals surface area contributed by atoms with Crippen LogP contribution in [0.5, 0.6) is 5.75 Å². The molecule has 264 valence electrons. The molecule has 3 aromatic carbocycles. The number of rotatable bonds is 14. The van der Waals surface area contributed by atoms with Gasteiger partial charge in [0, 0.05) is 30.4 Å². The first-order valence-corrected chi connectivity index (χ1v) is 17.3. The Morgan fingerprint density at radius 3 is 2.29 bits per heavy atom. The summed E-state index contributed by atoms with van der Waals surface area (Å²) in [5, 5.41) is 2.47. The fourth-order valence-corrected chi connectivity index (χ4v) is 6.03. The zero-order chi connectivity index (χ0) is 34.2. The second kappa shape index (κ2) is 21.4. The molecule has 48 heavy (non-hydrogen) atoms. The van der Waals surface area contributed by atoms with Gasteiger partial charge < -0.3 is 24.7 Å². The number of fused-ring (bicyclic) bond motifs is 1. The summed E-state index contributed by atoms with van der Waals surface area (Å²) in [6.07, 6.45) is 7.05. The van der Waals surface area contributed by atoms with Crippen molar-refractivity contribution in [2.75, 3.05) is 32.6 Å². The predicted octanol–water partition coefficient (Wildman–Crippen LogP) is 8.49. The lowest BCUT2D eigenvalue weighted by Gasteiger charge is -2.34. The van der Waals surface area contributed by atoms with E-state index in [1.54, 1.807) is 19.2 Å². The highest BCUT2D eigenvalue weighted by molar-refractivity contribution is 9.10. The molecule has 1 saturated carbocycles. The molecule has 1 unspecified atom stereocenters. The van der Waals surface area contributed by atoms with Crippen molar-refractivity contribution >= 4 is 50.3 Å². The number of carbonyl (C=O) groups excluding carboxylic acids is 3. The molecule has 4 rings (SSSR count). The van der Waals surface area contributed by atoms with E-state index in [4.69, 9.17) is 24.7 Å². The first kappa shape index (κ1) is 40.5. The molecule has 0 aromatic heterocycles. The quantitative estimate of drug-likeness (QED) is 0.0991. The first-order chi connectivity index (χ1) is 22.6. The third-order valence-corrected chi connectivity index (χ3v) is 8.84. The fourth-order valence-electron chi connectivity index (χ4n) is 5.53. The van der Waals surface area contributed by atoms with E-state index in [0.29, 0.717) is 34.7 Å². The summed E-state index contributed by atoms with van der Waals surface area (Å²) in [6, 6.07) is 18.2. The van der Waals surface area contributed by atoms with Crippen molar-refractivity contribution in [1.82, 2.24) is 4.90 Å². The van der Waals surface area contributed by atoms with Gasteiger partial charge in [0.25, 0.3) is 0 Å². The van der Waals surface area contributed by atoms with Crippen molar-refractivity contribution in [3.8, 4) is 5.75 Å². The van der Waals surface area contributed by atoms with Crippen molar-refractivity contribution in [1.29, 1.82) is 0 Å². The lowest BCUT2D eigenvalue weighted by Crippen LogP contribution is -2.36. The number of hydrogen-bond acceptors (Lipinski definition) is 9. The summed E-state index contributed by atoms with van der Waals surface area (Å²) in [6.45, 7) is 6.54. The molecule has 0 radical (unpaired) electrons. The van der Waals surface area contributed by atoms with Gasteiger partial charge in [-0.25, -0.2) is 4.79 Å². The van der Waals surface area contributed by atoms with Crippen LogP contribution in [0.25, 0.3) is 10.8 Å². The minimum atomic E-state index is -0.870. The summed E-state index contributed by atoms with van der Waals surface area (Å²) in [7, 11) is 1.68. The Morgan fingerprint density at radius 1 is 0.958 bits per heavy atom. The third kappa shape index (κ3) is 13.1. The van der Waals surface area contributed by atoms with Gasteiger partial charge in [0.2, 0.25) is 0 Å². The summed E-state index contributed by atoms with van der Waals surface area (Å²) >= 11 is 3.47. The molecular formula is C38H53BrN2O7. The van der Waals surface area contributed by atoms with Crippen LogP contribution in [0.1, 0.15) is 95.5 Å². The molecule has 1 atom stereocenters. The van der Waals surface area contributed by atoms with Crippen LogP contribution in [0.4, 0.5) is 5.69 Å². The molecule has 2 N–H and O–H groups in total. The number of anilines is 1. The number of unbranched alkanes of at least 4 members (excludes halogenated alkanes) is 1.